The molecule has 0 saturated heterocycles. The molecule has 1 atom stereocenters. The largest absolute Gasteiger partial charge is 0.490 e. The Hall–Kier alpha value is -3.41. The number of allylic oxidation sites excluding steroid dienone is 1. The number of rotatable bonds is 10. The average molecular weight is 488 g/mol. The Labute approximate surface area is 213 Å². The Morgan fingerprint density at radius 1 is 1.19 bits per heavy atom. The third-order valence-corrected chi connectivity index (χ3v) is 6.78. The van der Waals surface area contributed by atoms with Crippen molar-refractivity contribution in [3.8, 4) is 11.5 Å². The third kappa shape index (κ3) is 5.69. The van der Waals surface area contributed by atoms with Gasteiger partial charge in [0.15, 0.2) is 11.5 Å². The second-order valence-electron chi connectivity index (χ2n) is 9.45. The van der Waals surface area contributed by atoms with Crippen molar-refractivity contribution in [1.82, 2.24) is 9.66 Å². The molecular weight excluding hydrogens is 450 g/mol. The van der Waals surface area contributed by atoms with E-state index in [1.807, 2.05) is 49.4 Å². The van der Waals surface area contributed by atoms with E-state index in [1.165, 1.54) is 11.1 Å². The van der Waals surface area contributed by atoms with Crippen LogP contribution in [-0.2, 0) is 6.42 Å². The Bertz CT molecular complexity index is 1290. The molecule has 0 spiro atoms. The molecule has 1 aliphatic carbocycles. The molecule has 36 heavy (non-hydrogen) atoms. The molecular formula is C30H37N3O3. The number of hydrogen-bond acceptors (Lipinski definition) is 5. The fourth-order valence-corrected chi connectivity index (χ4v) is 4.75. The number of nitrogens with zero attached hydrogens (tertiary/aromatic N) is 3. The first kappa shape index (κ1) is 25.7. The van der Waals surface area contributed by atoms with E-state index in [-0.39, 0.29) is 17.6 Å². The maximum absolute atomic E-state index is 13.5. The summed E-state index contributed by atoms with van der Waals surface area (Å²) < 4.78 is 13.7. The molecule has 1 aromatic heterocycles. The normalized spacial score (nSPS) is 15.3. The predicted octanol–water partition coefficient (Wildman–Crippen LogP) is 6.63. The average Bonchev–Trinajstić information content (AvgIpc) is 2.90. The van der Waals surface area contributed by atoms with Gasteiger partial charge < -0.3 is 9.47 Å². The standard InChI is InChI=1S/C30H37N3O3/c1-5-13-24-18-22(19-27(35-7-3)28(24)36-21(4)6-2)20-31-33-29(23-14-9-8-10-15-23)32-26-17-12-11-16-25(26)30(33)34/h5,11-12,16-21,23H,1,6-10,13-15H2,2-4H3/t21-/m0/s1. The maximum Gasteiger partial charge on any atom is 0.282 e. The molecule has 0 bridgehead atoms. The minimum absolute atomic E-state index is 0.0626. The number of fused-ring (bicyclic) bond motifs is 1. The van der Waals surface area contributed by atoms with Gasteiger partial charge in [-0.1, -0.05) is 44.4 Å². The highest BCUT2D eigenvalue weighted by molar-refractivity contribution is 5.82. The van der Waals surface area contributed by atoms with Crippen LogP contribution < -0.4 is 15.0 Å². The Morgan fingerprint density at radius 2 is 1.97 bits per heavy atom. The van der Waals surface area contributed by atoms with Crippen molar-refractivity contribution in [3.05, 3.63) is 76.4 Å². The van der Waals surface area contributed by atoms with Crippen LogP contribution in [0.3, 0.4) is 0 Å². The van der Waals surface area contributed by atoms with Crippen molar-refractivity contribution < 1.29 is 9.47 Å². The molecule has 4 rings (SSSR count). The van der Waals surface area contributed by atoms with Crippen LogP contribution in [0, 0.1) is 0 Å². The maximum atomic E-state index is 13.5. The third-order valence-electron chi connectivity index (χ3n) is 6.78. The summed E-state index contributed by atoms with van der Waals surface area (Å²) in [5.74, 6) is 2.41. The molecule has 1 heterocycles. The Kier molecular flexibility index (Phi) is 8.57. The molecule has 6 heteroatoms. The second kappa shape index (κ2) is 12.0. The van der Waals surface area contributed by atoms with Crippen molar-refractivity contribution >= 4 is 17.1 Å². The van der Waals surface area contributed by atoms with Crippen molar-refractivity contribution in [1.29, 1.82) is 0 Å². The zero-order chi connectivity index (χ0) is 25.5. The van der Waals surface area contributed by atoms with Crippen LogP contribution >= 0.6 is 0 Å². The van der Waals surface area contributed by atoms with Gasteiger partial charge in [0.2, 0.25) is 0 Å². The molecule has 6 nitrogen and oxygen atoms in total. The van der Waals surface area contributed by atoms with Gasteiger partial charge in [0, 0.05) is 11.5 Å². The van der Waals surface area contributed by atoms with E-state index in [9.17, 15) is 4.79 Å². The van der Waals surface area contributed by atoms with Crippen LogP contribution in [0.2, 0.25) is 0 Å². The number of aromatic nitrogens is 2. The number of ether oxygens (including phenoxy) is 2. The van der Waals surface area contributed by atoms with Crippen molar-refractivity contribution in [2.24, 2.45) is 5.10 Å². The fourth-order valence-electron chi connectivity index (χ4n) is 4.75. The van der Waals surface area contributed by atoms with E-state index in [0.29, 0.717) is 24.2 Å². The zero-order valence-corrected chi connectivity index (χ0v) is 21.7. The van der Waals surface area contributed by atoms with Crippen LogP contribution in [0.1, 0.15) is 82.2 Å². The van der Waals surface area contributed by atoms with Gasteiger partial charge in [0.1, 0.15) is 5.82 Å². The van der Waals surface area contributed by atoms with Crippen LogP contribution in [0.15, 0.2) is 58.9 Å². The van der Waals surface area contributed by atoms with E-state index in [0.717, 1.165) is 60.3 Å². The SMILES string of the molecule is C=CCc1cc(C=Nn2c(C3CCCCC3)nc3ccccc3c2=O)cc(OCC)c1O[C@@H](C)CC. The Balaban J connectivity index is 1.81. The highest BCUT2D eigenvalue weighted by Crippen LogP contribution is 2.35. The summed E-state index contributed by atoms with van der Waals surface area (Å²) >= 11 is 0. The van der Waals surface area contributed by atoms with Crippen LogP contribution in [0.5, 0.6) is 11.5 Å². The fraction of sp³-hybridized carbons (Fsp3) is 0.433. The molecule has 1 fully saturated rings. The lowest BCUT2D eigenvalue weighted by Crippen LogP contribution is -2.25. The summed E-state index contributed by atoms with van der Waals surface area (Å²) in [6.45, 7) is 10.5. The van der Waals surface area contributed by atoms with Crippen LogP contribution in [0.25, 0.3) is 10.9 Å². The summed E-state index contributed by atoms with van der Waals surface area (Å²) in [5.41, 5.74) is 2.41. The molecule has 2 aromatic carbocycles. The molecule has 1 aliphatic rings. The lowest BCUT2D eigenvalue weighted by molar-refractivity contribution is 0.201. The second-order valence-corrected chi connectivity index (χ2v) is 9.45. The van der Waals surface area contributed by atoms with Gasteiger partial charge in [0.25, 0.3) is 5.56 Å². The van der Waals surface area contributed by atoms with Crippen molar-refractivity contribution in [2.75, 3.05) is 6.61 Å². The zero-order valence-electron chi connectivity index (χ0n) is 21.7. The quantitative estimate of drug-likeness (QED) is 0.238. The summed E-state index contributed by atoms with van der Waals surface area (Å²) in [6, 6.07) is 11.5. The predicted molar refractivity (Wildman–Crippen MR) is 147 cm³/mol. The van der Waals surface area contributed by atoms with E-state index >= 15 is 0 Å². The first-order valence-corrected chi connectivity index (χ1v) is 13.2. The van der Waals surface area contributed by atoms with Crippen molar-refractivity contribution in [2.45, 2.75) is 77.7 Å². The highest BCUT2D eigenvalue weighted by atomic mass is 16.5. The first-order chi connectivity index (χ1) is 17.5. The summed E-state index contributed by atoms with van der Waals surface area (Å²) in [4.78, 5) is 18.4. The highest BCUT2D eigenvalue weighted by Gasteiger charge is 2.22. The van der Waals surface area contributed by atoms with E-state index in [2.05, 4.69) is 20.4 Å². The topological polar surface area (TPSA) is 65.7 Å². The van der Waals surface area contributed by atoms with Gasteiger partial charge in [-0.15, -0.1) is 6.58 Å². The molecule has 3 aromatic rings. The van der Waals surface area contributed by atoms with Crippen LogP contribution in [0.4, 0.5) is 0 Å². The number of para-hydroxylation sites is 1. The molecule has 0 N–H and O–H groups in total. The first-order valence-electron chi connectivity index (χ1n) is 13.2. The van der Waals surface area contributed by atoms with Gasteiger partial charge >= 0.3 is 0 Å². The minimum Gasteiger partial charge on any atom is -0.490 e. The van der Waals surface area contributed by atoms with Gasteiger partial charge in [-0.05, 0) is 69.4 Å². The molecule has 0 radical (unpaired) electrons. The molecule has 0 unspecified atom stereocenters. The lowest BCUT2D eigenvalue weighted by atomic mass is 9.88. The van der Waals surface area contributed by atoms with E-state index in [4.69, 9.17) is 19.6 Å². The van der Waals surface area contributed by atoms with Gasteiger partial charge in [-0.25, -0.2) is 4.98 Å². The van der Waals surface area contributed by atoms with Gasteiger partial charge in [-0.2, -0.15) is 9.78 Å². The summed E-state index contributed by atoms with van der Waals surface area (Å²) in [6.07, 6.45) is 10.8. The monoisotopic (exact) mass is 487 g/mol. The molecule has 0 aliphatic heterocycles. The lowest BCUT2D eigenvalue weighted by Gasteiger charge is -2.23. The van der Waals surface area contributed by atoms with Gasteiger partial charge in [0.05, 0.1) is 29.8 Å². The molecule has 0 amide bonds. The summed E-state index contributed by atoms with van der Waals surface area (Å²) in [7, 11) is 0. The number of hydrogen-bond donors (Lipinski definition) is 0. The van der Waals surface area contributed by atoms with E-state index in [1.54, 1.807) is 6.21 Å². The molecule has 190 valence electrons. The van der Waals surface area contributed by atoms with Crippen LogP contribution in [-0.4, -0.2) is 28.6 Å². The minimum atomic E-state index is -0.134. The number of benzene rings is 2. The smallest absolute Gasteiger partial charge is 0.282 e. The van der Waals surface area contributed by atoms with Crippen molar-refractivity contribution in [3.63, 3.8) is 0 Å². The van der Waals surface area contributed by atoms with E-state index < -0.39 is 0 Å². The Morgan fingerprint density at radius 3 is 2.69 bits per heavy atom. The summed E-state index contributed by atoms with van der Waals surface area (Å²) in [5, 5.41) is 5.28. The molecule has 1 saturated carbocycles. The van der Waals surface area contributed by atoms with Gasteiger partial charge in [-0.3, -0.25) is 4.79 Å².